The van der Waals surface area contributed by atoms with Gasteiger partial charge in [-0.05, 0) is 55.8 Å². The predicted molar refractivity (Wildman–Crippen MR) is 86.8 cm³/mol. The van der Waals surface area contributed by atoms with Crippen molar-refractivity contribution in [3.63, 3.8) is 0 Å². The molecule has 2 rings (SSSR count). The van der Waals surface area contributed by atoms with E-state index in [4.69, 9.17) is 11.6 Å². The van der Waals surface area contributed by atoms with E-state index in [2.05, 4.69) is 47.4 Å². The number of rotatable bonds is 5. The van der Waals surface area contributed by atoms with Crippen molar-refractivity contribution in [2.45, 2.75) is 45.1 Å². The molecule has 0 radical (unpaired) electrons. The summed E-state index contributed by atoms with van der Waals surface area (Å²) in [4.78, 5) is 0. The largest absolute Gasteiger partial charge is 0.316 e. The van der Waals surface area contributed by atoms with Gasteiger partial charge in [-0.2, -0.15) is 0 Å². The normalized spacial score (nSPS) is 24.6. The summed E-state index contributed by atoms with van der Waals surface area (Å²) in [6, 6.07) is 6.77. The van der Waals surface area contributed by atoms with Gasteiger partial charge in [0.05, 0.1) is 0 Å². The van der Waals surface area contributed by atoms with Gasteiger partial charge in [0.15, 0.2) is 0 Å². The number of hydrogen-bond donors (Lipinski definition) is 1. The Morgan fingerprint density at radius 2 is 2.21 bits per heavy atom. The van der Waals surface area contributed by atoms with Crippen molar-refractivity contribution in [3.05, 3.63) is 33.3 Å². The zero-order chi connectivity index (χ0) is 13.8. The van der Waals surface area contributed by atoms with Crippen LogP contribution in [-0.4, -0.2) is 13.1 Å². The third-order valence-electron chi connectivity index (χ3n) is 4.55. The van der Waals surface area contributed by atoms with Crippen LogP contribution in [0.5, 0.6) is 0 Å². The molecule has 1 nitrogen and oxygen atoms in total. The molecule has 19 heavy (non-hydrogen) atoms. The highest BCUT2D eigenvalue weighted by atomic mass is 79.9. The predicted octanol–water partition coefficient (Wildman–Crippen LogP) is 5.06. The van der Waals surface area contributed by atoms with E-state index < -0.39 is 0 Å². The van der Waals surface area contributed by atoms with Crippen LogP contribution >= 0.6 is 27.5 Å². The van der Waals surface area contributed by atoms with Crippen LogP contribution in [0, 0.1) is 11.8 Å². The summed E-state index contributed by atoms with van der Waals surface area (Å²) < 4.78 is 1.05. The molecule has 0 amide bonds. The van der Waals surface area contributed by atoms with Gasteiger partial charge >= 0.3 is 0 Å². The molecule has 3 atom stereocenters. The Labute approximate surface area is 130 Å². The second kappa shape index (κ2) is 7.10. The minimum Gasteiger partial charge on any atom is -0.316 e. The first kappa shape index (κ1) is 15.3. The Bertz CT molecular complexity index is 421. The lowest BCUT2D eigenvalue weighted by Gasteiger charge is -2.24. The summed E-state index contributed by atoms with van der Waals surface area (Å²) in [6.07, 6.45) is 6.48. The lowest BCUT2D eigenvalue weighted by molar-refractivity contribution is 0.361. The average molecular weight is 345 g/mol. The molecule has 1 aliphatic rings. The van der Waals surface area contributed by atoms with E-state index in [1.54, 1.807) is 0 Å². The maximum absolute atomic E-state index is 6.34. The summed E-state index contributed by atoms with van der Waals surface area (Å²) in [5.74, 6) is 1.73. The van der Waals surface area contributed by atoms with E-state index in [0.29, 0.717) is 6.04 Å². The molecule has 0 bridgehead atoms. The first-order chi connectivity index (χ1) is 9.13. The van der Waals surface area contributed by atoms with Crippen LogP contribution in [0.15, 0.2) is 22.7 Å². The smallest absolute Gasteiger partial charge is 0.0449 e. The van der Waals surface area contributed by atoms with Crippen LogP contribution in [0.4, 0.5) is 0 Å². The molecule has 1 saturated carbocycles. The SMILES string of the molecule is CCC1CCC(C(Cc2ccc(Br)cc2Cl)NC)C1. The van der Waals surface area contributed by atoms with Gasteiger partial charge in [-0.15, -0.1) is 0 Å². The molecule has 1 aromatic carbocycles. The summed E-state index contributed by atoms with van der Waals surface area (Å²) in [5, 5.41) is 4.38. The van der Waals surface area contributed by atoms with E-state index in [9.17, 15) is 0 Å². The number of likely N-dealkylation sites (N-methyl/N-ethyl adjacent to an activating group) is 1. The number of benzene rings is 1. The Hall–Kier alpha value is -0.0500. The lowest BCUT2D eigenvalue weighted by atomic mass is 9.91. The molecule has 106 valence electrons. The summed E-state index contributed by atoms with van der Waals surface area (Å²) >= 11 is 9.80. The van der Waals surface area contributed by atoms with E-state index in [1.807, 2.05) is 6.07 Å². The van der Waals surface area contributed by atoms with Gasteiger partial charge in [0.25, 0.3) is 0 Å². The number of nitrogens with one attached hydrogen (secondary N) is 1. The minimum atomic E-state index is 0.551. The lowest BCUT2D eigenvalue weighted by Crippen LogP contribution is -2.34. The van der Waals surface area contributed by atoms with Crippen molar-refractivity contribution in [2.24, 2.45) is 11.8 Å². The fraction of sp³-hybridized carbons (Fsp3) is 0.625. The third kappa shape index (κ3) is 3.96. The first-order valence-corrected chi connectivity index (χ1v) is 8.42. The molecule has 1 fully saturated rings. The molecule has 3 unspecified atom stereocenters. The molecular weight excluding hydrogens is 322 g/mol. The molecule has 0 saturated heterocycles. The molecule has 1 aliphatic carbocycles. The third-order valence-corrected chi connectivity index (χ3v) is 5.40. The number of halogens is 2. The van der Waals surface area contributed by atoms with Crippen LogP contribution in [0.2, 0.25) is 5.02 Å². The quantitative estimate of drug-likeness (QED) is 0.787. The number of hydrogen-bond acceptors (Lipinski definition) is 1. The summed E-state index contributed by atoms with van der Waals surface area (Å²) in [5.41, 5.74) is 1.25. The van der Waals surface area contributed by atoms with Crippen molar-refractivity contribution >= 4 is 27.5 Å². The molecule has 0 aliphatic heterocycles. The van der Waals surface area contributed by atoms with Gasteiger partial charge in [-0.25, -0.2) is 0 Å². The average Bonchev–Trinajstić information content (AvgIpc) is 2.86. The van der Waals surface area contributed by atoms with E-state index in [1.165, 1.54) is 31.2 Å². The van der Waals surface area contributed by atoms with Gasteiger partial charge in [-0.1, -0.05) is 53.4 Å². The molecule has 1 N–H and O–H groups in total. The van der Waals surface area contributed by atoms with Crippen molar-refractivity contribution < 1.29 is 0 Å². The zero-order valence-corrected chi connectivity index (χ0v) is 14.1. The Morgan fingerprint density at radius 3 is 2.79 bits per heavy atom. The van der Waals surface area contributed by atoms with Gasteiger partial charge in [0, 0.05) is 15.5 Å². The van der Waals surface area contributed by atoms with Crippen LogP contribution in [-0.2, 0) is 6.42 Å². The second-order valence-corrected chi connectivity index (χ2v) is 7.01. The van der Waals surface area contributed by atoms with Crippen LogP contribution in [0.3, 0.4) is 0 Å². The first-order valence-electron chi connectivity index (χ1n) is 7.25. The summed E-state index contributed by atoms with van der Waals surface area (Å²) in [7, 11) is 2.08. The summed E-state index contributed by atoms with van der Waals surface area (Å²) in [6.45, 7) is 2.31. The minimum absolute atomic E-state index is 0.551. The molecule has 0 aromatic heterocycles. The van der Waals surface area contributed by atoms with Gasteiger partial charge in [0.1, 0.15) is 0 Å². The molecular formula is C16H23BrClN. The van der Waals surface area contributed by atoms with E-state index in [-0.39, 0.29) is 0 Å². The monoisotopic (exact) mass is 343 g/mol. The second-order valence-electron chi connectivity index (χ2n) is 5.68. The van der Waals surface area contributed by atoms with Gasteiger partial charge in [-0.3, -0.25) is 0 Å². The van der Waals surface area contributed by atoms with E-state index >= 15 is 0 Å². The van der Waals surface area contributed by atoms with Crippen molar-refractivity contribution in [1.82, 2.24) is 5.32 Å². The van der Waals surface area contributed by atoms with Crippen LogP contribution < -0.4 is 5.32 Å². The molecule has 0 heterocycles. The Morgan fingerprint density at radius 1 is 1.42 bits per heavy atom. The van der Waals surface area contributed by atoms with Crippen LogP contribution in [0.25, 0.3) is 0 Å². The molecule has 3 heteroatoms. The van der Waals surface area contributed by atoms with Crippen molar-refractivity contribution in [1.29, 1.82) is 0 Å². The Kier molecular flexibility index (Phi) is 5.73. The Balaban J connectivity index is 2.03. The standard InChI is InChI=1S/C16H23BrClN/c1-3-11-4-5-13(8-11)16(19-2)9-12-6-7-14(17)10-15(12)18/h6-7,10-11,13,16,19H,3-5,8-9H2,1-2H3. The molecule has 0 spiro atoms. The van der Waals surface area contributed by atoms with Gasteiger partial charge < -0.3 is 5.32 Å². The van der Waals surface area contributed by atoms with E-state index in [0.717, 1.165) is 27.8 Å². The molecule has 1 aromatic rings. The van der Waals surface area contributed by atoms with Crippen molar-refractivity contribution in [2.75, 3.05) is 7.05 Å². The van der Waals surface area contributed by atoms with Gasteiger partial charge in [0.2, 0.25) is 0 Å². The van der Waals surface area contributed by atoms with Crippen LogP contribution in [0.1, 0.15) is 38.2 Å². The highest BCUT2D eigenvalue weighted by molar-refractivity contribution is 9.10. The highest BCUT2D eigenvalue weighted by Gasteiger charge is 2.29. The highest BCUT2D eigenvalue weighted by Crippen LogP contribution is 2.36. The fourth-order valence-electron chi connectivity index (χ4n) is 3.28. The maximum Gasteiger partial charge on any atom is 0.0449 e. The maximum atomic E-state index is 6.34. The fourth-order valence-corrected chi connectivity index (χ4v) is 4.03. The topological polar surface area (TPSA) is 12.0 Å². The zero-order valence-electron chi connectivity index (χ0n) is 11.8. The van der Waals surface area contributed by atoms with Crippen molar-refractivity contribution in [3.8, 4) is 0 Å².